The molecule has 2 aromatic carbocycles. The average molecular weight is 495 g/mol. The van der Waals surface area contributed by atoms with Crippen molar-refractivity contribution in [3.05, 3.63) is 70.9 Å². The first-order valence-electron chi connectivity index (χ1n) is 12.6. The first kappa shape index (κ1) is 25.5. The Morgan fingerprint density at radius 2 is 1.94 bits per heavy atom. The maximum absolute atomic E-state index is 11.6. The number of hydrogen-bond donors (Lipinski definition) is 1. The zero-order valence-corrected chi connectivity index (χ0v) is 21.2. The van der Waals surface area contributed by atoms with E-state index < -0.39 is 5.97 Å². The van der Waals surface area contributed by atoms with E-state index in [0.717, 1.165) is 79.8 Å². The molecule has 186 valence electrons. The topological polar surface area (TPSA) is 62.7 Å². The Hall–Kier alpha value is -2.63. The smallest absolute Gasteiger partial charge is 0.303 e. The Bertz CT molecular complexity index is 1140. The van der Waals surface area contributed by atoms with Gasteiger partial charge in [0.15, 0.2) is 0 Å². The molecule has 0 spiro atoms. The minimum Gasteiger partial charge on any atom is -0.497 e. The summed E-state index contributed by atoms with van der Waals surface area (Å²) >= 11 is 6.30. The second-order valence-electron chi connectivity index (χ2n) is 9.65. The van der Waals surface area contributed by atoms with E-state index in [9.17, 15) is 9.90 Å². The predicted octanol–water partition coefficient (Wildman–Crippen LogP) is 6.27. The summed E-state index contributed by atoms with van der Waals surface area (Å²) in [7, 11) is 1.68. The van der Waals surface area contributed by atoms with E-state index in [1.54, 1.807) is 7.11 Å². The standard InChI is InChI=1S/C29H35ClN2O3/c1-35-25-11-12-28-26(19-25)22(13-15-31-28)8-4-7-21-14-17-32(20-24(21)18-29(33)34)16-5-9-23-6-2-3-10-27(23)30/h2-3,6,10-13,15,19,21,24H,4-5,7-9,14,16-18,20H2,1H3,(H,33,34)/t21-,24+/m1/s1. The van der Waals surface area contributed by atoms with Crippen LogP contribution in [0.15, 0.2) is 54.7 Å². The van der Waals surface area contributed by atoms with Gasteiger partial charge in [-0.2, -0.15) is 0 Å². The lowest BCUT2D eigenvalue weighted by Gasteiger charge is -2.38. The molecule has 1 aliphatic heterocycles. The van der Waals surface area contributed by atoms with E-state index in [-0.39, 0.29) is 12.3 Å². The number of methoxy groups -OCH3 is 1. The zero-order valence-electron chi connectivity index (χ0n) is 20.5. The molecule has 1 saturated heterocycles. The van der Waals surface area contributed by atoms with Gasteiger partial charge in [0.1, 0.15) is 5.75 Å². The highest BCUT2D eigenvalue weighted by atomic mass is 35.5. The molecule has 2 atom stereocenters. The lowest BCUT2D eigenvalue weighted by molar-refractivity contribution is -0.139. The Balaban J connectivity index is 1.31. The number of aromatic nitrogens is 1. The number of likely N-dealkylation sites (tertiary alicyclic amines) is 1. The van der Waals surface area contributed by atoms with Gasteiger partial charge in [0.25, 0.3) is 0 Å². The number of piperidine rings is 1. The molecule has 1 fully saturated rings. The third-order valence-corrected chi connectivity index (χ3v) is 7.72. The maximum atomic E-state index is 11.6. The summed E-state index contributed by atoms with van der Waals surface area (Å²) in [5.74, 6) is 0.810. The Labute approximate surface area is 213 Å². The van der Waals surface area contributed by atoms with Crippen LogP contribution in [0.3, 0.4) is 0 Å². The molecule has 5 nitrogen and oxygen atoms in total. The van der Waals surface area contributed by atoms with E-state index in [0.29, 0.717) is 5.92 Å². The Morgan fingerprint density at radius 1 is 1.11 bits per heavy atom. The van der Waals surface area contributed by atoms with Gasteiger partial charge >= 0.3 is 5.97 Å². The molecule has 6 heteroatoms. The number of carboxylic acid groups (broad SMARTS) is 1. The molecule has 0 radical (unpaired) electrons. The number of aliphatic carboxylic acids is 1. The van der Waals surface area contributed by atoms with Gasteiger partial charge in [0, 0.05) is 29.6 Å². The SMILES string of the molecule is COc1ccc2nccc(CCC[C@@H]3CCN(CCCc4ccccc4Cl)C[C@@H]3CC(=O)O)c2c1. The van der Waals surface area contributed by atoms with Crippen molar-refractivity contribution in [2.45, 2.75) is 44.9 Å². The number of nitrogens with zero attached hydrogens (tertiary/aromatic N) is 2. The van der Waals surface area contributed by atoms with Gasteiger partial charge in [0.2, 0.25) is 0 Å². The van der Waals surface area contributed by atoms with Crippen LogP contribution >= 0.6 is 11.6 Å². The minimum absolute atomic E-state index is 0.204. The molecule has 0 amide bonds. The lowest BCUT2D eigenvalue weighted by atomic mass is 9.79. The molecule has 2 heterocycles. The predicted molar refractivity (Wildman–Crippen MR) is 141 cm³/mol. The maximum Gasteiger partial charge on any atom is 0.303 e. The number of benzene rings is 2. The van der Waals surface area contributed by atoms with E-state index in [1.165, 1.54) is 11.1 Å². The second-order valence-corrected chi connectivity index (χ2v) is 10.1. The van der Waals surface area contributed by atoms with Gasteiger partial charge in [-0.3, -0.25) is 9.78 Å². The van der Waals surface area contributed by atoms with Crippen LogP contribution < -0.4 is 4.74 Å². The first-order valence-corrected chi connectivity index (χ1v) is 13.0. The number of aryl methyl sites for hydroxylation is 2. The van der Waals surface area contributed by atoms with Gasteiger partial charge in [-0.15, -0.1) is 0 Å². The quantitative estimate of drug-likeness (QED) is 0.340. The highest BCUT2D eigenvalue weighted by Crippen LogP contribution is 2.32. The molecule has 0 unspecified atom stereocenters. The number of carbonyl (C=O) groups is 1. The summed E-state index contributed by atoms with van der Waals surface area (Å²) in [5, 5.41) is 11.5. The third-order valence-electron chi connectivity index (χ3n) is 7.35. The van der Waals surface area contributed by atoms with E-state index >= 15 is 0 Å². The van der Waals surface area contributed by atoms with Crippen LogP contribution in [0, 0.1) is 11.8 Å². The summed E-state index contributed by atoms with van der Waals surface area (Å²) in [5.41, 5.74) is 3.45. The molecule has 0 saturated carbocycles. The molecule has 1 aromatic heterocycles. The molecule has 0 bridgehead atoms. The fraction of sp³-hybridized carbons (Fsp3) is 0.448. The second kappa shape index (κ2) is 12.4. The molecule has 4 rings (SSSR count). The Morgan fingerprint density at radius 3 is 2.74 bits per heavy atom. The summed E-state index contributed by atoms with van der Waals surface area (Å²) in [6, 6.07) is 16.1. The molecular formula is C29H35ClN2O3. The molecule has 0 aliphatic carbocycles. The molecular weight excluding hydrogens is 460 g/mol. The van der Waals surface area contributed by atoms with E-state index in [1.807, 2.05) is 36.5 Å². The van der Waals surface area contributed by atoms with Crippen molar-refractivity contribution >= 4 is 28.5 Å². The largest absolute Gasteiger partial charge is 0.497 e. The fourth-order valence-corrected chi connectivity index (χ4v) is 5.70. The van der Waals surface area contributed by atoms with Crippen molar-refractivity contribution in [1.29, 1.82) is 0 Å². The van der Waals surface area contributed by atoms with Crippen LogP contribution in [0.5, 0.6) is 5.75 Å². The van der Waals surface area contributed by atoms with Crippen molar-refractivity contribution < 1.29 is 14.6 Å². The number of fused-ring (bicyclic) bond motifs is 1. The van der Waals surface area contributed by atoms with Gasteiger partial charge in [-0.05, 0) is 105 Å². The summed E-state index contributed by atoms with van der Waals surface area (Å²) < 4.78 is 5.40. The van der Waals surface area contributed by atoms with Crippen LogP contribution in [0.4, 0.5) is 0 Å². The minimum atomic E-state index is -0.690. The normalized spacial score (nSPS) is 18.6. The molecule has 3 aromatic rings. The van der Waals surface area contributed by atoms with Gasteiger partial charge in [-0.25, -0.2) is 0 Å². The number of halogens is 1. The van der Waals surface area contributed by atoms with Crippen LogP contribution in [-0.2, 0) is 17.6 Å². The van der Waals surface area contributed by atoms with E-state index in [4.69, 9.17) is 16.3 Å². The van der Waals surface area contributed by atoms with Crippen molar-refractivity contribution in [3.8, 4) is 5.75 Å². The summed E-state index contributed by atoms with van der Waals surface area (Å²) in [6.45, 7) is 2.90. The van der Waals surface area contributed by atoms with Crippen LogP contribution in [-0.4, -0.2) is 47.7 Å². The molecule has 1 aliphatic rings. The third kappa shape index (κ3) is 6.96. The van der Waals surface area contributed by atoms with Crippen molar-refractivity contribution in [1.82, 2.24) is 9.88 Å². The van der Waals surface area contributed by atoms with Crippen LogP contribution in [0.25, 0.3) is 10.9 Å². The zero-order chi connectivity index (χ0) is 24.6. The van der Waals surface area contributed by atoms with Gasteiger partial charge in [0.05, 0.1) is 12.6 Å². The number of pyridine rings is 1. The van der Waals surface area contributed by atoms with Crippen molar-refractivity contribution in [2.24, 2.45) is 11.8 Å². The van der Waals surface area contributed by atoms with Crippen molar-refractivity contribution in [2.75, 3.05) is 26.7 Å². The number of ether oxygens (including phenoxy) is 1. The van der Waals surface area contributed by atoms with Gasteiger partial charge in [-0.1, -0.05) is 29.8 Å². The highest BCUT2D eigenvalue weighted by Gasteiger charge is 2.30. The van der Waals surface area contributed by atoms with Crippen LogP contribution in [0.2, 0.25) is 5.02 Å². The van der Waals surface area contributed by atoms with Crippen molar-refractivity contribution in [3.63, 3.8) is 0 Å². The summed E-state index contributed by atoms with van der Waals surface area (Å²) in [4.78, 5) is 18.5. The highest BCUT2D eigenvalue weighted by molar-refractivity contribution is 6.31. The Kier molecular flexibility index (Phi) is 9.00. The van der Waals surface area contributed by atoms with Gasteiger partial charge < -0.3 is 14.7 Å². The lowest BCUT2D eigenvalue weighted by Crippen LogP contribution is -2.41. The number of carboxylic acids is 1. The van der Waals surface area contributed by atoms with E-state index in [2.05, 4.69) is 28.1 Å². The molecule has 35 heavy (non-hydrogen) atoms. The van der Waals surface area contributed by atoms with Crippen LogP contribution in [0.1, 0.15) is 43.2 Å². The number of hydrogen-bond acceptors (Lipinski definition) is 4. The fourth-order valence-electron chi connectivity index (χ4n) is 5.47. The average Bonchev–Trinajstić information content (AvgIpc) is 2.86. The number of rotatable bonds is 11. The first-order chi connectivity index (χ1) is 17.0. The molecule has 1 N–H and O–H groups in total. The summed E-state index contributed by atoms with van der Waals surface area (Å²) in [6.07, 6.45) is 8.24. The monoisotopic (exact) mass is 494 g/mol.